The van der Waals surface area contributed by atoms with Crippen LogP contribution < -0.4 is 16.0 Å². The smallest absolute Gasteiger partial charge is 0.254 e. The number of aryl methyl sites for hydroxylation is 2. The van der Waals surface area contributed by atoms with E-state index in [1.165, 1.54) is 11.8 Å². The lowest BCUT2D eigenvalue weighted by atomic mass is 9.82. The Labute approximate surface area is 231 Å². The molecule has 192 valence electrons. The van der Waals surface area contributed by atoms with E-state index in [4.69, 9.17) is 11.6 Å². The third-order valence-electron chi connectivity index (χ3n) is 6.04. The number of allylic oxidation sites excluding steroid dienone is 2. The molecule has 0 saturated carbocycles. The molecule has 38 heavy (non-hydrogen) atoms. The second kappa shape index (κ2) is 12.0. The van der Waals surface area contributed by atoms with Crippen molar-refractivity contribution < 1.29 is 9.59 Å². The number of dihydropyridines is 1. The number of thioether (sulfide) groups is 1. The van der Waals surface area contributed by atoms with Gasteiger partial charge >= 0.3 is 0 Å². The minimum atomic E-state index is -0.638. The lowest BCUT2D eigenvalue weighted by Gasteiger charge is -2.29. The predicted molar refractivity (Wildman–Crippen MR) is 153 cm³/mol. The van der Waals surface area contributed by atoms with E-state index < -0.39 is 5.92 Å². The monoisotopic (exact) mass is 543 g/mol. The highest BCUT2D eigenvalue weighted by Crippen LogP contribution is 2.40. The van der Waals surface area contributed by atoms with Crippen molar-refractivity contribution in [3.63, 3.8) is 0 Å². The maximum absolute atomic E-state index is 13.5. The first-order valence-electron chi connectivity index (χ1n) is 11.9. The van der Waals surface area contributed by atoms with E-state index in [0.29, 0.717) is 32.6 Å². The van der Waals surface area contributed by atoms with Gasteiger partial charge in [-0.25, -0.2) is 0 Å². The second-order valence-electron chi connectivity index (χ2n) is 8.85. The van der Waals surface area contributed by atoms with Crippen molar-refractivity contribution in [3.8, 4) is 6.07 Å². The third kappa shape index (κ3) is 6.25. The number of aromatic nitrogens is 1. The summed E-state index contributed by atoms with van der Waals surface area (Å²) in [7, 11) is 0. The maximum Gasteiger partial charge on any atom is 0.254 e. The Balaban J connectivity index is 1.60. The Bertz CT molecular complexity index is 1480. The van der Waals surface area contributed by atoms with Crippen LogP contribution in [0.1, 0.15) is 29.5 Å². The molecule has 0 radical (unpaired) electrons. The summed E-state index contributed by atoms with van der Waals surface area (Å²) in [6, 6.07) is 18.5. The molecular formula is C29H26ClN5O2S. The largest absolute Gasteiger partial charge is 0.353 e. The average Bonchev–Trinajstić information content (AvgIpc) is 2.90. The van der Waals surface area contributed by atoms with Gasteiger partial charge in [-0.15, -0.1) is 0 Å². The topological polar surface area (TPSA) is 107 Å². The highest BCUT2D eigenvalue weighted by atomic mass is 35.5. The molecule has 0 bridgehead atoms. The van der Waals surface area contributed by atoms with Crippen molar-refractivity contribution in [1.29, 1.82) is 5.26 Å². The molecule has 4 rings (SSSR count). The first kappa shape index (κ1) is 27.0. The SMILES string of the molecule is CC1=C(C(=O)Nc2ccc(Cl)cc2)[C@H](c2ccncc2)C(C#N)=C(SCC(=O)Nc2ccc(C)cc2C)N1. The summed E-state index contributed by atoms with van der Waals surface area (Å²) in [5.74, 6) is -1.09. The highest BCUT2D eigenvalue weighted by molar-refractivity contribution is 8.03. The van der Waals surface area contributed by atoms with E-state index in [2.05, 4.69) is 27.0 Å². The molecule has 2 aromatic carbocycles. The Kier molecular flexibility index (Phi) is 8.52. The lowest BCUT2D eigenvalue weighted by Crippen LogP contribution is -2.31. The Hall–Kier alpha value is -4.06. The van der Waals surface area contributed by atoms with Crippen LogP contribution in [0.3, 0.4) is 0 Å². The molecule has 1 aliphatic heterocycles. The summed E-state index contributed by atoms with van der Waals surface area (Å²) in [5, 5.41) is 20.3. The number of pyridine rings is 1. The molecule has 0 saturated heterocycles. The van der Waals surface area contributed by atoms with Crippen molar-refractivity contribution in [2.24, 2.45) is 0 Å². The van der Waals surface area contributed by atoms with E-state index in [1.807, 2.05) is 32.0 Å². The number of nitriles is 1. The third-order valence-corrected chi connectivity index (χ3v) is 7.31. The molecule has 9 heteroatoms. The second-order valence-corrected chi connectivity index (χ2v) is 10.3. The van der Waals surface area contributed by atoms with Crippen LogP contribution in [0.5, 0.6) is 0 Å². The molecule has 7 nitrogen and oxygen atoms in total. The van der Waals surface area contributed by atoms with E-state index in [0.717, 1.165) is 22.4 Å². The van der Waals surface area contributed by atoms with E-state index in [1.54, 1.807) is 55.7 Å². The van der Waals surface area contributed by atoms with Gasteiger partial charge in [-0.05, 0) is 74.4 Å². The summed E-state index contributed by atoms with van der Waals surface area (Å²) in [4.78, 5) is 30.3. The summed E-state index contributed by atoms with van der Waals surface area (Å²) in [6.45, 7) is 5.73. The number of rotatable bonds is 7. The zero-order chi connectivity index (χ0) is 27.2. The predicted octanol–water partition coefficient (Wildman–Crippen LogP) is 6.06. The van der Waals surface area contributed by atoms with Gasteiger partial charge in [0.25, 0.3) is 5.91 Å². The van der Waals surface area contributed by atoms with Gasteiger partial charge in [0.15, 0.2) is 0 Å². The quantitative estimate of drug-likeness (QED) is 0.334. The number of halogens is 1. The molecule has 0 unspecified atom stereocenters. The molecule has 3 N–H and O–H groups in total. The van der Waals surface area contributed by atoms with Gasteiger partial charge < -0.3 is 16.0 Å². The number of carbonyl (C=O) groups is 2. The van der Waals surface area contributed by atoms with Crippen LogP contribution in [0.15, 0.2) is 88.9 Å². The molecule has 2 heterocycles. The fourth-order valence-electron chi connectivity index (χ4n) is 4.23. The van der Waals surface area contributed by atoms with Crippen LogP contribution in [-0.4, -0.2) is 22.6 Å². The van der Waals surface area contributed by atoms with Crippen molar-refractivity contribution in [2.75, 3.05) is 16.4 Å². The number of nitrogens with one attached hydrogen (secondary N) is 3. The summed E-state index contributed by atoms with van der Waals surface area (Å²) < 4.78 is 0. The number of benzene rings is 2. The van der Waals surface area contributed by atoms with Gasteiger partial charge in [0.05, 0.1) is 28.3 Å². The zero-order valence-electron chi connectivity index (χ0n) is 21.1. The van der Waals surface area contributed by atoms with E-state index >= 15 is 0 Å². The molecule has 1 atom stereocenters. The normalized spacial score (nSPS) is 15.0. The maximum atomic E-state index is 13.5. The van der Waals surface area contributed by atoms with E-state index in [-0.39, 0.29) is 17.6 Å². The minimum absolute atomic E-state index is 0.0868. The van der Waals surface area contributed by atoms with Crippen molar-refractivity contribution >= 4 is 46.6 Å². The van der Waals surface area contributed by atoms with Crippen LogP contribution in [0, 0.1) is 25.2 Å². The molecule has 3 aromatic rings. The lowest BCUT2D eigenvalue weighted by molar-refractivity contribution is -0.114. The van der Waals surface area contributed by atoms with Crippen molar-refractivity contribution in [2.45, 2.75) is 26.7 Å². The van der Waals surface area contributed by atoms with Crippen LogP contribution in [-0.2, 0) is 9.59 Å². The fraction of sp³-hybridized carbons (Fsp3) is 0.172. The van der Waals surface area contributed by atoms with Crippen molar-refractivity contribution in [3.05, 3.63) is 111 Å². The standard InChI is InChI=1S/C29H26ClN5O2S/c1-17-4-9-24(18(2)14-17)35-25(36)16-38-29-23(15-31)27(20-10-12-32-13-11-20)26(19(3)33-29)28(37)34-22-7-5-21(30)6-8-22/h4-14,27,33H,16H2,1-3H3,(H,34,37)(H,35,36)/t27-/m1/s1. The van der Waals surface area contributed by atoms with Gasteiger partial charge in [0, 0.05) is 40.1 Å². The summed E-state index contributed by atoms with van der Waals surface area (Å²) in [5.41, 5.74) is 5.53. The molecule has 1 aliphatic rings. The number of amides is 2. The summed E-state index contributed by atoms with van der Waals surface area (Å²) in [6.07, 6.45) is 3.25. The van der Waals surface area contributed by atoms with Gasteiger partial charge in [0.2, 0.25) is 5.91 Å². The van der Waals surface area contributed by atoms with Gasteiger partial charge in [-0.1, -0.05) is 41.1 Å². The van der Waals surface area contributed by atoms with Gasteiger partial charge in [-0.3, -0.25) is 14.6 Å². The molecule has 0 aliphatic carbocycles. The van der Waals surface area contributed by atoms with Gasteiger partial charge in [0.1, 0.15) is 0 Å². The molecule has 1 aromatic heterocycles. The fourth-order valence-corrected chi connectivity index (χ4v) is 5.24. The Morgan fingerprint density at radius 1 is 1.05 bits per heavy atom. The molecular weight excluding hydrogens is 518 g/mol. The molecule has 0 spiro atoms. The highest BCUT2D eigenvalue weighted by Gasteiger charge is 2.35. The van der Waals surface area contributed by atoms with Crippen molar-refractivity contribution in [1.82, 2.24) is 10.3 Å². The first-order valence-corrected chi connectivity index (χ1v) is 13.2. The number of anilines is 2. The minimum Gasteiger partial charge on any atom is -0.353 e. The van der Waals surface area contributed by atoms with Crippen LogP contribution in [0.2, 0.25) is 5.02 Å². The zero-order valence-corrected chi connectivity index (χ0v) is 22.7. The Morgan fingerprint density at radius 2 is 1.76 bits per heavy atom. The summed E-state index contributed by atoms with van der Waals surface area (Å²) >= 11 is 7.20. The number of nitrogens with zero attached hydrogens (tertiary/aromatic N) is 2. The number of hydrogen-bond donors (Lipinski definition) is 3. The number of carbonyl (C=O) groups excluding carboxylic acids is 2. The number of hydrogen-bond acceptors (Lipinski definition) is 6. The van der Waals surface area contributed by atoms with Crippen LogP contribution in [0.25, 0.3) is 0 Å². The Morgan fingerprint density at radius 3 is 2.42 bits per heavy atom. The first-order chi connectivity index (χ1) is 18.3. The van der Waals surface area contributed by atoms with E-state index in [9.17, 15) is 14.9 Å². The van der Waals surface area contributed by atoms with Gasteiger partial charge in [-0.2, -0.15) is 5.26 Å². The molecule has 0 fully saturated rings. The molecule has 2 amide bonds. The average molecular weight is 544 g/mol. The van der Waals surface area contributed by atoms with Crippen LogP contribution in [0.4, 0.5) is 11.4 Å². The van der Waals surface area contributed by atoms with Crippen LogP contribution >= 0.6 is 23.4 Å².